The molecule has 21 heavy (non-hydrogen) atoms. The van der Waals surface area contributed by atoms with Crippen molar-refractivity contribution >= 4 is 39.9 Å². The van der Waals surface area contributed by atoms with Crippen LogP contribution in [0.3, 0.4) is 0 Å². The molecule has 3 rings (SSSR count). The summed E-state index contributed by atoms with van der Waals surface area (Å²) in [5.41, 5.74) is 0.139. The third-order valence-corrected chi connectivity index (χ3v) is 4.90. The van der Waals surface area contributed by atoms with Gasteiger partial charge in [-0.1, -0.05) is 11.6 Å². The third-order valence-electron chi connectivity index (χ3n) is 3.86. The Morgan fingerprint density at radius 3 is 3.14 bits per heavy atom. The van der Waals surface area contributed by atoms with Crippen molar-refractivity contribution < 1.29 is 9.90 Å². The maximum atomic E-state index is 12.1. The molecular formula is C14H16ClN3O2S. The second-order valence-electron chi connectivity index (χ2n) is 5.52. The number of aliphatic hydroxyl groups is 1. The molecule has 0 bridgehead atoms. The Morgan fingerprint density at radius 2 is 2.48 bits per heavy atom. The molecule has 1 amide bonds. The molecule has 0 saturated heterocycles. The number of hydrogen-bond donors (Lipinski definition) is 2. The molecule has 1 saturated carbocycles. The summed E-state index contributed by atoms with van der Waals surface area (Å²) in [6.07, 6.45) is 7.03. The molecule has 1 aliphatic rings. The molecule has 0 radical (unpaired) electrons. The van der Waals surface area contributed by atoms with Gasteiger partial charge in [-0.05, 0) is 31.8 Å². The van der Waals surface area contributed by atoms with Crippen LogP contribution < -0.4 is 5.32 Å². The van der Waals surface area contributed by atoms with Crippen molar-refractivity contribution in [2.45, 2.75) is 25.3 Å². The van der Waals surface area contributed by atoms with Crippen molar-refractivity contribution in [2.24, 2.45) is 5.92 Å². The standard InChI is InChI=1S/C14H16ClN3O2S/c1-14(8-19,9-2-3-9)17-11(20)5-4-10-12(15)16-13-18(10)6-7-21-13/h4-7,9,19H,2-3,8H2,1H3,(H,17,20)/b5-4+. The predicted octanol–water partition coefficient (Wildman–Crippen LogP) is 2.34. The van der Waals surface area contributed by atoms with E-state index in [0.29, 0.717) is 16.8 Å². The molecule has 0 spiro atoms. The largest absolute Gasteiger partial charge is 0.394 e. The summed E-state index contributed by atoms with van der Waals surface area (Å²) in [7, 11) is 0. The Bertz CT molecular complexity index is 704. The second-order valence-corrected chi connectivity index (χ2v) is 6.75. The zero-order chi connectivity index (χ0) is 15.0. The second kappa shape index (κ2) is 5.44. The first-order chi connectivity index (χ1) is 10.0. The molecule has 2 aromatic rings. The van der Waals surface area contributed by atoms with E-state index in [1.165, 1.54) is 17.4 Å². The van der Waals surface area contributed by atoms with Crippen molar-refractivity contribution in [1.29, 1.82) is 0 Å². The lowest BCUT2D eigenvalue weighted by molar-refractivity contribution is -0.119. The maximum Gasteiger partial charge on any atom is 0.244 e. The van der Waals surface area contributed by atoms with Crippen LogP contribution in [0, 0.1) is 5.92 Å². The number of rotatable bonds is 5. The van der Waals surface area contributed by atoms with Gasteiger partial charge in [0, 0.05) is 17.7 Å². The summed E-state index contributed by atoms with van der Waals surface area (Å²) in [5, 5.41) is 14.6. The van der Waals surface area contributed by atoms with Gasteiger partial charge in [-0.3, -0.25) is 9.20 Å². The van der Waals surface area contributed by atoms with E-state index >= 15 is 0 Å². The maximum absolute atomic E-state index is 12.1. The molecule has 2 N–H and O–H groups in total. The van der Waals surface area contributed by atoms with Gasteiger partial charge in [0.1, 0.15) is 0 Å². The third kappa shape index (κ3) is 2.84. The lowest BCUT2D eigenvalue weighted by Gasteiger charge is -2.28. The molecule has 1 atom stereocenters. The number of imidazole rings is 1. The van der Waals surface area contributed by atoms with E-state index in [1.807, 2.05) is 22.9 Å². The van der Waals surface area contributed by atoms with Crippen LogP contribution in [0.15, 0.2) is 17.7 Å². The smallest absolute Gasteiger partial charge is 0.244 e. The number of fused-ring (bicyclic) bond motifs is 1. The van der Waals surface area contributed by atoms with E-state index in [9.17, 15) is 9.90 Å². The molecule has 5 nitrogen and oxygen atoms in total. The zero-order valence-corrected chi connectivity index (χ0v) is 13.1. The summed E-state index contributed by atoms with van der Waals surface area (Å²) >= 11 is 7.55. The van der Waals surface area contributed by atoms with Crippen LogP contribution in [0.4, 0.5) is 0 Å². The average molecular weight is 326 g/mol. The van der Waals surface area contributed by atoms with Crippen LogP contribution in [0.25, 0.3) is 11.0 Å². The fourth-order valence-electron chi connectivity index (χ4n) is 2.39. The number of aromatic nitrogens is 2. The Balaban J connectivity index is 1.75. The van der Waals surface area contributed by atoms with Crippen LogP contribution >= 0.6 is 22.9 Å². The van der Waals surface area contributed by atoms with Crippen LogP contribution in [0.1, 0.15) is 25.5 Å². The predicted molar refractivity (Wildman–Crippen MR) is 83.5 cm³/mol. The quantitative estimate of drug-likeness (QED) is 0.829. The van der Waals surface area contributed by atoms with E-state index in [1.54, 1.807) is 6.08 Å². The molecule has 2 heterocycles. The highest BCUT2D eigenvalue weighted by Gasteiger charge is 2.41. The molecule has 0 aromatic carbocycles. The number of amides is 1. The Labute approximate surface area is 131 Å². The number of carbonyl (C=O) groups excluding carboxylic acids is 1. The number of thiazole rings is 1. The topological polar surface area (TPSA) is 66.6 Å². The van der Waals surface area contributed by atoms with Crippen molar-refractivity contribution in [1.82, 2.24) is 14.7 Å². The van der Waals surface area contributed by atoms with Gasteiger partial charge >= 0.3 is 0 Å². The van der Waals surface area contributed by atoms with Crippen LogP contribution in [-0.4, -0.2) is 32.5 Å². The van der Waals surface area contributed by atoms with E-state index in [0.717, 1.165) is 17.8 Å². The number of nitrogens with zero attached hydrogens (tertiary/aromatic N) is 2. The number of carbonyl (C=O) groups is 1. The SMILES string of the molecule is CC(CO)(NC(=O)/C=C/c1c(Cl)nc2sccn12)C1CC1. The van der Waals surface area contributed by atoms with Gasteiger partial charge in [-0.2, -0.15) is 0 Å². The molecule has 0 aliphatic heterocycles. The van der Waals surface area contributed by atoms with Gasteiger partial charge in [0.2, 0.25) is 5.91 Å². The van der Waals surface area contributed by atoms with E-state index < -0.39 is 5.54 Å². The molecule has 1 fully saturated rings. The van der Waals surface area contributed by atoms with Gasteiger partial charge < -0.3 is 10.4 Å². The molecule has 112 valence electrons. The minimum atomic E-state index is -0.541. The van der Waals surface area contributed by atoms with Gasteiger partial charge in [0.05, 0.1) is 17.8 Å². The molecule has 2 aromatic heterocycles. The van der Waals surface area contributed by atoms with Crippen molar-refractivity contribution in [3.63, 3.8) is 0 Å². The Morgan fingerprint density at radius 1 is 1.71 bits per heavy atom. The van der Waals surface area contributed by atoms with Crippen molar-refractivity contribution in [2.75, 3.05) is 6.61 Å². The van der Waals surface area contributed by atoms with Gasteiger partial charge in [-0.15, -0.1) is 11.3 Å². The monoisotopic (exact) mass is 325 g/mol. The summed E-state index contributed by atoms with van der Waals surface area (Å²) < 4.78 is 1.84. The van der Waals surface area contributed by atoms with Crippen LogP contribution in [0.5, 0.6) is 0 Å². The number of aliphatic hydroxyl groups excluding tert-OH is 1. The number of halogens is 1. The number of nitrogens with one attached hydrogen (secondary N) is 1. The minimum absolute atomic E-state index is 0.0561. The van der Waals surface area contributed by atoms with E-state index in [-0.39, 0.29) is 12.5 Å². The first-order valence-electron chi connectivity index (χ1n) is 6.75. The van der Waals surface area contributed by atoms with Crippen LogP contribution in [-0.2, 0) is 4.79 Å². The summed E-state index contributed by atoms with van der Waals surface area (Å²) in [6.45, 7) is 1.82. The van der Waals surface area contributed by atoms with Gasteiger partial charge in [0.15, 0.2) is 10.1 Å². The lowest BCUT2D eigenvalue weighted by Crippen LogP contribution is -2.50. The summed E-state index contributed by atoms with van der Waals surface area (Å²) in [4.78, 5) is 17.0. The first-order valence-corrected chi connectivity index (χ1v) is 8.01. The van der Waals surface area contributed by atoms with Gasteiger partial charge in [-0.25, -0.2) is 4.98 Å². The highest BCUT2D eigenvalue weighted by molar-refractivity contribution is 7.15. The molecule has 1 unspecified atom stereocenters. The van der Waals surface area contributed by atoms with E-state index in [2.05, 4.69) is 10.3 Å². The minimum Gasteiger partial charge on any atom is -0.394 e. The van der Waals surface area contributed by atoms with Crippen LogP contribution in [0.2, 0.25) is 5.15 Å². The lowest BCUT2D eigenvalue weighted by atomic mass is 9.97. The fourth-order valence-corrected chi connectivity index (χ4v) is 3.40. The van der Waals surface area contributed by atoms with Crippen molar-refractivity contribution in [3.05, 3.63) is 28.5 Å². The normalized spacial score (nSPS) is 18.2. The molecular weight excluding hydrogens is 310 g/mol. The zero-order valence-electron chi connectivity index (χ0n) is 11.5. The number of hydrogen-bond acceptors (Lipinski definition) is 4. The highest BCUT2D eigenvalue weighted by Crippen LogP contribution is 2.39. The summed E-state index contributed by atoms with van der Waals surface area (Å²) in [5.74, 6) is 0.127. The first kappa shape index (κ1) is 14.6. The van der Waals surface area contributed by atoms with Gasteiger partial charge in [0.25, 0.3) is 0 Å². The summed E-state index contributed by atoms with van der Waals surface area (Å²) in [6, 6.07) is 0. The highest BCUT2D eigenvalue weighted by atomic mass is 35.5. The van der Waals surface area contributed by atoms with E-state index in [4.69, 9.17) is 11.6 Å². The molecule has 7 heteroatoms. The van der Waals surface area contributed by atoms with Crippen molar-refractivity contribution in [3.8, 4) is 0 Å². The fraction of sp³-hybridized carbons (Fsp3) is 0.429. The Kier molecular flexibility index (Phi) is 3.77. The Hall–Kier alpha value is -1.37. The molecule has 1 aliphatic carbocycles. The average Bonchev–Trinajstić information content (AvgIpc) is 3.15.